The Kier molecular flexibility index (Phi) is 4.47. The SMILES string of the molecule is O=C(NCc1ccco1)c1ccc2ncc(NC(=O)c3ccco3)c(=O)n2c1. The van der Waals surface area contributed by atoms with Crippen LogP contribution in [0.1, 0.15) is 26.7 Å². The van der Waals surface area contributed by atoms with Gasteiger partial charge in [0.1, 0.15) is 17.1 Å². The Hall–Kier alpha value is -4.14. The second-order valence-electron chi connectivity index (χ2n) is 5.82. The quantitative estimate of drug-likeness (QED) is 0.549. The van der Waals surface area contributed by atoms with Crippen molar-refractivity contribution < 1.29 is 18.4 Å². The van der Waals surface area contributed by atoms with Gasteiger partial charge in [0, 0.05) is 6.20 Å². The molecule has 0 unspecified atom stereocenters. The van der Waals surface area contributed by atoms with Gasteiger partial charge in [0.25, 0.3) is 17.4 Å². The summed E-state index contributed by atoms with van der Waals surface area (Å²) in [6.07, 6.45) is 5.50. The van der Waals surface area contributed by atoms with Crippen LogP contribution in [0.3, 0.4) is 0 Å². The third kappa shape index (κ3) is 3.40. The van der Waals surface area contributed by atoms with Crippen molar-refractivity contribution in [3.8, 4) is 0 Å². The summed E-state index contributed by atoms with van der Waals surface area (Å²) in [6, 6.07) is 9.60. The van der Waals surface area contributed by atoms with E-state index in [4.69, 9.17) is 8.83 Å². The van der Waals surface area contributed by atoms with Crippen LogP contribution in [0, 0.1) is 0 Å². The van der Waals surface area contributed by atoms with Gasteiger partial charge in [-0.15, -0.1) is 0 Å². The lowest BCUT2D eigenvalue weighted by Crippen LogP contribution is -2.26. The van der Waals surface area contributed by atoms with E-state index in [1.54, 1.807) is 30.3 Å². The van der Waals surface area contributed by atoms with Crippen LogP contribution < -0.4 is 16.2 Å². The van der Waals surface area contributed by atoms with E-state index in [9.17, 15) is 14.4 Å². The fourth-order valence-corrected chi connectivity index (χ4v) is 2.57. The zero-order chi connectivity index (χ0) is 19.5. The van der Waals surface area contributed by atoms with E-state index >= 15 is 0 Å². The molecular formula is C19H14N4O5. The van der Waals surface area contributed by atoms with Crippen molar-refractivity contribution in [2.75, 3.05) is 5.32 Å². The third-order valence-corrected chi connectivity index (χ3v) is 3.96. The largest absolute Gasteiger partial charge is 0.467 e. The van der Waals surface area contributed by atoms with Crippen molar-refractivity contribution in [2.45, 2.75) is 6.54 Å². The number of carbonyl (C=O) groups excluding carboxylic acids is 2. The molecule has 4 rings (SSSR count). The van der Waals surface area contributed by atoms with E-state index < -0.39 is 11.5 Å². The van der Waals surface area contributed by atoms with Gasteiger partial charge in [0.05, 0.1) is 30.8 Å². The number of hydrogen-bond acceptors (Lipinski definition) is 6. The molecule has 9 nitrogen and oxygen atoms in total. The summed E-state index contributed by atoms with van der Waals surface area (Å²) in [4.78, 5) is 41.2. The Labute approximate surface area is 157 Å². The molecule has 2 amide bonds. The highest BCUT2D eigenvalue weighted by Gasteiger charge is 2.14. The van der Waals surface area contributed by atoms with Crippen LogP contribution in [0.15, 0.2) is 74.9 Å². The Balaban J connectivity index is 1.59. The Bertz CT molecular complexity index is 1190. The Morgan fingerprint density at radius 1 is 1.04 bits per heavy atom. The summed E-state index contributed by atoms with van der Waals surface area (Å²) >= 11 is 0. The Morgan fingerprint density at radius 3 is 2.61 bits per heavy atom. The number of aromatic nitrogens is 2. The van der Waals surface area contributed by atoms with Crippen molar-refractivity contribution in [1.82, 2.24) is 14.7 Å². The molecule has 0 saturated heterocycles. The van der Waals surface area contributed by atoms with Crippen molar-refractivity contribution in [2.24, 2.45) is 0 Å². The van der Waals surface area contributed by atoms with E-state index in [1.165, 1.54) is 35.4 Å². The molecule has 2 N–H and O–H groups in total. The normalized spacial score (nSPS) is 10.7. The second kappa shape index (κ2) is 7.23. The first-order valence-electron chi connectivity index (χ1n) is 8.29. The van der Waals surface area contributed by atoms with E-state index in [0.717, 1.165) is 0 Å². The topological polar surface area (TPSA) is 119 Å². The number of anilines is 1. The van der Waals surface area contributed by atoms with Gasteiger partial charge in [0.2, 0.25) is 0 Å². The molecule has 0 aromatic carbocycles. The maximum absolute atomic E-state index is 12.7. The predicted molar refractivity (Wildman–Crippen MR) is 98.0 cm³/mol. The monoisotopic (exact) mass is 378 g/mol. The molecule has 0 bridgehead atoms. The molecule has 4 aromatic rings. The molecule has 0 aliphatic heterocycles. The van der Waals surface area contributed by atoms with Crippen molar-refractivity contribution in [1.29, 1.82) is 0 Å². The summed E-state index contributed by atoms with van der Waals surface area (Å²) in [6.45, 7) is 0.219. The number of carbonyl (C=O) groups is 2. The number of amides is 2. The fraction of sp³-hybridized carbons (Fsp3) is 0.0526. The zero-order valence-electron chi connectivity index (χ0n) is 14.4. The van der Waals surface area contributed by atoms with Crippen molar-refractivity contribution in [3.63, 3.8) is 0 Å². The van der Waals surface area contributed by atoms with Crippen LogP contribution in [-0.4, -0.2) is 21.2 Å². The zero-order valence-corrected chi connectivity index (χ0v) is 14.4. The van der Waals surface area contributed by atoms with Crippen LogP contribution in [0.2, 0.25) is 0 Å². The number of furan rings is 2. The number of pyridine rings is 1. The lowest BCUT2D eigenvalue weighted by molar-refractivity contribution is 0.0946. The van der Waals surface area contributed by atoms with Gasteiger partial charge in [-0.1, -0.05) is 0 Å². The van der Waals surface area contributed by atoms with Crippen LogP contribution in [-0.2, 0) is 6.54 Å². The first-order chi connectivity index (χ1) is 13.6. The van der Waals surface area contributed by atoms with Gasteiger partial charge in [-0.3, -0.25) is 18.8 Å². The van der Waals surface area contributed by atoms with E-state index in [0.29, 0.717) is 11.4 Å². The highest BCUT2D eigenvalue weighted by molar-refractivity contribution is 6.02. The van der Waals surface area contributed by atoms with Crippen LogP contribution in [0.5, 0.6) is 0 Å². The summed E-state index contributed by atoms with van der Waals surface area (Å²) in [5, 5.41) is 5.16. The predicted octanol–water partition coefficient (Wildman–Crippen LogP) is 2.06. The summed E-state index contributed by atoms with van der Waals surface area (Å²) < 4.78 is 11.4. The van der Waals surface area contributed by atoms with Crippen molar-refractivity contribution >= 4 is 23.1 Å². The number of nitrogens with one attached hydrogen (secondary N) is 2. The highest BCUT2D eigenvalue weighted by atomic mass is 16.3. The lowest BCUT2D eigenvalue weighted by atomic mass is 10.2. The van der Waals surface area contributed by atoms with Gasteiger partial charge < -0.3 is 19.5 Å². The number of nitrogens with zero attached hydrogens (tertiary/aromatic N) is 2. The maximum Gasteiger partial charge on any atom is 0.291 e. The van der Waals surface area contributed by atoms with Crippen LogP contribution in [0.4, 0.5) is 5.69 Å². The molecule has 0 aliphatic rings. The molecular weight excluding hydrogens is 364 g/mol. The molecule has 9 heteroatoms. The molecule has 0 aliphatic carbocycles. The third-order valence-electron chi connectivity index (χ3n) is 3.96. The second-order valence-corrected chi connectivity index (χ2v) is 5.82. The molecule has 0 atom stereocenters. The number of hydrogen-bond donors (Lipinski definition) is 2. The van der Waals surface area contributed by atoms with E-state index in [2.05, 4.69) is 15.6 Å². The summed E-state index contributed by atoms with van der Waals surface area (Å²) in [7, 11) is 0. The fourth-order valence-electron chi connectivity index (χ4n) is 2.57. The summed E-state index contributed by atoms with van der Waals surface area (Å²) in [5.41, 5.74) is 0.0404. The van der Waals surface area contributed by atoms with E-state index in [1.807, 2.05) is 0 Å². The van der Waals surface area contributed by atoms with Gasteiger partial charge in [0.15, 0.2) is 5.76 Å². The molecule has 0 radical (unpaired) electrons. The van der Waals surface area contributed by atoms with Gasteiger partial charge in [-0.2, -0.15) is 0 Å². The first-order valence-corrected chi connectivity index (χ1v) is 8.29. The first kappa shape index (κ1) is 17.3. The molecule has 0 saturated carbocycles. The van der Waals surface area contributed by atoms with E-state index in [-0.39, 0.29) is 29.5 Å². The maximum atomic E-state index is 12.7. The molecule has 0 spiro atoms. The number of fused-ring (bicyclic) bond motifs is 1. The van der Waals surface area contributed by atoms with Crippen molar-refractivity contribution in [3.05, 3.63) is 88.8 Å². The van der Waals surface area contributed by atoms with Gasteiger partial charge >= 0.3 is 0 Å². The number of rotatable bonds is 5. The highest BCUT2D eigenvalue weighted by Crippen LogP contribution is 2.08. The Morgan fingerprint density at radius 2 is 1.86 bits per heavy atom. The summed E-state index contributed by atoms with van der Waals surface area (Å²) in [5.74, 6) is -0.280. The minimum atomic E-state index is -0.573. The van der Waals surface area contributed by atoms with Crippen LogP contribution >= 0.6 is 0 Å². The molecule has 140 valence electrons. The average Bonchev–Trinajstić information content (AvgIpc) is 3.42. The lowest BCUT2D eigenvalue weighted by Gasteiger charge is -2.08. The molecule has 4 heterocycles. The molecule has 0 fully saturated rings. The standard InChI is InChI=1S/C19H14N4O5/c24-17(21-9-13-3-1-7-27-13)12-5-6-16-20-10-14(19(26)23(16)11-12)22-18(25)15-4-2-8-28-15/h1-8,10-11H,9H2,(H,21,24)(H,22,25). The smallest absolute Gasteiger partial charge is 0.291 e. The van der Waals surface area contributed by atoms with Gasteiger partial charge in [-0.05, 0) is 36.4 Å². The minimum absolute atomic E-state index is 0.0351. The minimum Gasteiger partial charge on any atom is -0.467 e. The van der Waals surface area contributed by atoms with Crippen LogP contribution in [0.25, 0.3) is 5.65 Å². The average molecular weight is 378 g/mol. The molecule has 4 aromatic heterocycles. The van der Waals surface area contributed by atoms with Gasteiger partial charge in [-0.25, -0.2) is 4.98 Å². The molecule has 28 heavy (non-hydrogen) atoms.